The van der Waals surface area contributed by atoms with E-state index < -0.39 is 0 Å². The minimum atomic E-state index is -0.271. The predicted molar refractivity (Wildman–Crippen MR) is 149 cm³/mol. The van der Waals surface area contributed by atoms with Gasteiger partial charge in [0, 0.05) is 33.3 Å². The van der Waals surface area contributed by atoms with Crippen LogP contribution < -0.4 is 11.5 Å². The van der Waals surface area contributed by atoms with Gasteiger partial charge in [0.05, 0.1) is 22.3 Å². The number of benzene rings is 2. The topological polar surface area (TPSA) is 69.1 Å². The Hall–Kier alpha value is -4.57. The molecule has 1 aliphatic rings. The number of nitrogens with two attached hydrogens (primary N) is 2. The largest absolute Gasteiger partial charge is 0.399 e. The molecule has 0 amide bonds. The second-order valence-corrected chi connectivity index (χ2v) is 10.6. The van der Waals surface area contributed by atoms with E-state index >= 15 is 0 Å². The maximum atomic E-state index is 13.6. The quantitative estimate of drug-likeness (QED) is 0.393. The van der Waals surface area contributed by atoms with E-state index in [1.54, 1.807) is 24.3 Å². The highest BCUT2D eigenvalue weighted by Crippen LogP contribution is 2.30. The first-order valence-corrected chi connectivity index (χ1v) is 11.7. The predicted octanol–water partition coefficient (Wildman–Crippen LogP) is 5.53. The van der Waals surface area contributed by atoms with Crippen LogP contribution in [0.25, 0.3) is 0 Å². The van der Waals surface area contributed by atoms with E-state index in [2.05, 4.69) is 47.4 Å². The number of hydrogen-bond donors (Lipinski definition) is 2. The van der Waals surface area contributed by atoms with Gasteiger partial charge in [0.25, 0.3) is 0 Å². The first-order chi connectivity index (χ1) is 16.8. The molecule has 0 fully saturated rings. The summed E-state index contributed by atoms with van der Waals surface area (Å²) in [5, 5.41) is 0. The number of carbonyl (C=O) groups is 1. The summed E-state index contributed by atoms with van der Waals surface area (Å²) in [5.74, 6) is 24.9. The van der Waals surface area contributed by atoms with Gasteiger partial charge in [-0.25, -0.2) is 0 Å². The van der Waals surface area contributed by atoms with Gasteiger partial charge in [-0.3, -0.25) is 4.79 Å². The Balaban J connectivity index is 2.23. The number of nitrogen functional groups attached to an aromatic ring is 2. The molecule has 178 valence electrons. The highest BCUT2D eigenvalue weighted by molar-refractivity contribution is 6.20. The number of hydrogen-bond acceptors (Lipinski definition) is 3. The molecule has 0 atom stereocenters. The molecule has 0 saturated carbocycles. The highest BCUT2D eigenvalue weighted by atomic mass is 16.1. The van der Waals surface area contributed by atoms with E-state index in [0.717, 1.165) is 11.1 Å². The Bertz CT molecular complexity index is 1390. The van der Waals surface area contributed by atoms with Gasteiger partial charge in [0.2, 0.25) is 5.78 Å². The van der Waals surface area contributed by atoms with Gasteiger partial charge < -0.3 is 11.5 Å². The SMILES string of the molecule is CC(C)(C)C#CC1=C(C#Cc2ccc(N)cc2)C(=O)C(C#Cc2ccc(N)cc2)=C1C#CC(C)(C)C. The lowest BCUT2D eigenvalue weighted by Gasteiger charge is -2.08. The summed E-state index contributed by atoms with van der Waals surface area (Å²) in [4.78, 5) is 13.6. The van der Waals surface area contributed by atoms with Gasteiger partial charge in [-0.15, -0.1) is 0 Å². The summed E-state index contributed by atoms with van der Waals surface area (Å²) >= 11 is 0. The molecule has 3 rings (SSSR count). The van der Waals surface area contributed by atoms with Crippen molar-refractivity contribution in [2.45, 2.75) is 41.5 Å². The third-order valence-electron chi connectivity index (χ3n) is 4.81. The fourth-order valence-electron chi connectivity index (χ4n) is 2.99. The van der Waals surface area contributed by atoms with Crippen molar-refractivity contribution >= 4 is 17.2 Å². The molecule has 0 spiro atoms. The molecule has 2 aromatic rings. The third-order valence-corrected chi connectivity index (χ3v) is 4.81. The van der Waals surface area contributed by atoms with Crippen molar-refractivity contribution < 1.29 is 4.79 Å². The molecule has 0 bridgehead atoms. The molecule has 1 aliphatic carbocycles. The molecule has 0 heterocycles. The minimum Gasteiger partial charge on any atom is -0.399 e. The van der Waals surface area contributed by atoms with Crippen molar-refractivity contribution in [2.75, 3.05) is 11.5 Å². The monoisotopic (exact) mass is 470 g/mol. The van der Waals surface area contributed by atoms with E-state index in [-0.39, 0.29) is 16.6 Å². The second kappa shape index (κ2) is 10.4. The second-order valence-electron chi connectivity index (χ2n) is 10.6. The van der Waals surface area contributed by atoms with Crippen LogP contribution in [0.15, 0.2) is 70.8 Å². The lowest BCUT2D eigenvalue weighted by Crippen LogP contribution is -2.01. The van der Waals surface area contributed by atoms with Crippen LogP contribution in [0.4, 0.5) is 11.4 Å². The Morgan fingerprint density at radius 3 is 1.14 bits per heavy atom. The molecule has 0 unspecified atom stereocenters. The van der Waals surface area contributed by atoms with Crippen molar-refractivity contribution in [1.29, 1.82) is 0 Å². The fraction of sp³-hybridized carbons (Fsp3) is 0.242. The lowest BCUT2D eigenvalue weighted by atomic mass is 9.94. The molecule has 36 heavy (non-hydrogen) atoms. The van der Waals surface area contributed by atoms with Gasteiger partial charge in [-0.05, 0) is 90.1 Å². The number of anilines is 2. The molecule has 2 aromatic carbocycles. The van der Waals surface area contributed by atoms with Crippen LogP contribution in [-0.2, 0) is 4.79 Å². The van der Waals surface area contributed by atoms with Crippen LogP contribution in [0.5, 0.6) is 0 Å². The molecule has 3 heteroatoms. The maximum absolute atomic E-state index is 13.6. The van der Waals surface area contributed by atoms with E-state index in [9.17, 15) is 4.79 Å². The van der Waals surface area contributed by atoms with Crippen molar-refractivity contribution in [1.82, 2.24) is 0 Å². The number of ketones is 1. The molecular weight excluding hydrogens is 440 g/mol. The molecule has 0 aromatic heterocycles. The standard InChI is InChI=1S/C33H30N2O/c1-32(2,3)21-19-27-28(20-22-33(4,5)6)30(18-12-24-9-15-26(35)16-10-24)31(36)29(27)17-11-23-7-13-25(34)14-8-23/h7-10,13-16H,34-35H2,1-6H3. The number of allylic oxidation sites excluding steroid dienone is 4. The van der Waals surface area contributed by atoms with E-state index in [0.29, 0.717) is 33.7 Å². The van der Waals surface area contributed by atoms with E-state index in [1.807, 2.05) is 65.8 Å². The zero-order chi connectivity index (χ0) is 26.5. The average Bonchev–Trinajstić information content (AvgIpc) is 3.04. The summed E-state index contributed by atoms with van der Waals surface area (Å²) < 4.78 is 0. The number of rotatable bonds is 0. The Labute approximate surface area is 215 Å². The highest BCUT2D eigenvalue weighted by Gasteiger charge is 2.30. The summed E-state index contributed by atoms with van der Waals surface area (Å²) in [6, 6.07) is 14.4. The molecule has 0 radical (unpaired) electrons. The number of Topliss-reactive ketones (excluding diaryl/α,β-unsaturated/α-hetero) is 1. The van der Waals surface area contributed by atoms with Gasteiger partial charge in [0.1, 0.15) is 0 Å². The van der Waals surface area contributed by atoms with Crippen LogP contribution in [0.3, 0.4) is 0 Å². The first-order valence-electron chi connectivity index (χ1n) is 11.7. The summed E-state index contributed by atoms with van der Waals surface area (Å²) in [7, 11) is 0. The Morgan fingerprint density at radius 2 is 0.833 bits per heavy atom. The normalized spacial score (nSPS) is 13.0. The fourth-order valence-corrected chi connectivity index (χ4v) is 2.99. The molecule has 3 nitrogen and oxygen atoms in total. The van der Waals surface area contributed by atoms with Crippen molar-refractivity contribution in [3.05, 3.63) is 82.0 Å². The molecular formula is C33H30N2O. The van der Waals surface area contributed by atoms with E-state index in [4.69, 9.17) is 11.5 Å². The summed E-state index contributed by atoms with van der Waals surface area (Å²) in [6.45, 7) is 12.1. The lowest BCUT2D eigenvalue weighted by molar-refractivity contribution is -0.111. The van der Waals surface area contributed by atoms with Gasteiger partial charge in [-0.1, -0.05) is 47.4 Å². The molecule has 0 aliphatic heterocycles. The van der Waals surface area contributed by atoms with Crippen molar-refractivity contribution in [2.24, 2.45) is 10.8 Å². The molecule has 4 N–H and O–H groups in total. The van der Waals surface area contributed by atoms with Gasteiger partial charge >= 0.3 is 0 Å². The van der Waals surface area contributed by atoms with Crippen LogP contribution in [0, 0.1) is 58.2 Å². The zero-order valence-corrected chi connectivity index (χ0v) is 21.7. The Kier molecular flexibility index (Phi) is 7.50. The minimum absolute atomic E-state index is 0.266. The molecule has 0 saturated heterocycles. The van der Waals surface area contributed by atoms with E-state index in [1.165, 1.54) is 0 Å². The van der Waals surface area contributed by atoms with Crippen LogP contribution in [0.1, 0.15) is 52.7 Å². The van der Waals surface area contributed by atoms with Gasteiger partial charge in [-0.2, -0.15) is 0 Å². The van der Waals surface area contributed by atoms with Gasteiger partial charge in [0.15, 0.2) is 0 Å². The van der Waals surface area contributed by atoms with Crippen molar-refractivity contribution in [3.63, 3.8) is 0 Å². The van der Waals surface area contributed by atoms with Crippen molar-refractivity contribution in [3.8, 4) is 47.4 Å². The zero-order valence-electron chi connectivity index (χ0n) is 21.7. The average molecular weight is 471 g/mol. The Morgan fingerprint density at radius 1 is 0.500 bits per heavy atom. The maximum Gasteiger partial charge on any atom is 0.212 e. The third kappa shape index (κ3) is 7.21. The summed E-state index contributed by atoms with van der Waals surface area (Å²) in [5.41, 5.74) is 15.5. The first kappa shape index (κ1) is 26.0. The number of carbonyl (C=O) groups excluding carboxylic acids is 1. The van der Waals surface area contributed by atoms with Crippen LogP contribution in [0.2, 0.25) is 0 Å². The van der Waals surface area contributed by atoms with Crippen LogP contribution in [-0.4, -0.2) is 5.78 Å². The smallest absolute Gasteiger partial charge is 0.212 e. The van der Waals surface area contributed by atoms with Crippen LogP contribution >= 0.6 is 0 Å². The summed E-state index contributed by atoms with van der Waals surface area (Å²) in [6.07, 6.45) is 0.